The molecule has 1 amide bonds. The molecule has 6 nitrogen and oxygen atoms in total. The zero-order valence-electron chi connectivity index (χ0n) is 19.9. The highest BCUT2D eigenvalue weighted by atomic mass is 32.2. The summed E-state index contributed by atoms with van der Waals surface area (Å²) in [4.78, 5) is 18.7. The van der Waals surface area contributed by atoms with E-state index in [2.05, 4.69) is 10.0 Å². The monoisotopic (exact) mass is 487 g/mol. The van der Waals surface area contributed by atoms with E-state index in [0.717, 1.165) is 11.1 Å². The predicted octanol–water partition coefficient (Wildman–Crippen LogP) is 5.93. The molecule has 180 valence electrons. The first kappa shape index (κ1) is 24.4. The van der Waals surface area contributed by atoms with Crippen molar-refractivity contribution in [1.29, 1.82) is 0 Å². The molecule has 4 aromatic rings. The highest BCUT2D eigenvalue weighted by Gasteiger charge is 2.26. The van der Waals surface area contributed by atoms with E-state index in [1.807, 2.05) is 85.8 Å². The number of nitrogens with one attached hydrogen (secondary N) is 2. The zero-order valence-corrected chi connectivity index (χ0v) is 20.7. The molecule has 0 aliphatic heterocycles. The van der Waals surface area contributed by atoms with Gasteiger partial charge in [0.2, 0.25) is 10.0 Å². The van der Waals surface area contributed by atoms with Crippen LogP contribution in [0, 0.1) is 0 Å². The Kier molecular flexibility index (Phi) is 7.46. The molecule has 0 aliphatic rings. The van der Waals surface area contributed by atoms with Crippen molar-refractivity contribution in [1.82, 2.24) is 10.3 Å². The van der Waals surface area contributed by atoms with Crippen molar-refractivity contribution < 1.29 is 13.2 Å². The highest BCUT2D eigenvalue weighted by Crippen LogP contribution is 2.35. The van der Waals surface area contributed by atoms with E-state index in [4.69, 9.17) is 4.98 Å². The number of rotatable bonds is 9. The van der Waals surface area contributed by atoms with Gasteiger partial charge in [-0.15, -0.1) is 0 Å². The molecule has 0 fully saturated rings. The van der Waals surface area contributed by atoms with Gasteiger partial charge >= 0.3 is 0 Å². The number of hydrogen-bond acceptors (Lipinski definition) is 4. The Morgan fingerprint density at radius 2 is 1.51 bits per heavy atom. The Morgan fingerprint density at radius 3 is 2.17 bits per heavy atom. The summed E-state index contributed by atoms with van der Waals surface area (Å²) in [5, 5.41) is 3.71. The van der Waals surface area contributed by atoms with Gasteiger partial charge in [0.25, 0.3) is 5.91 Å². The first-order valence-corrected chi connectivity index (χ1v) is 13.4. The number of nitrogens with zero attached hydrogens (tertiary/aromatic N) is 1. The SMILES string of the molecule is CCCS(=O)(=O)Nc1c(-c2ccccc2)nc2ccccc2c1C(=O)N[C@@H](CC)c1ccccc1. The van der Waals surface area contributed by atoms with Crippen molar-refractivity contribution in [2.45, 2.75) is 32.7 Å². The minimum Gasteiger partial charge on any atom is -0.345 e. The summed E-state index contributed by atoms with van der Waals surface area (Å²) < 4.78 is 28.6. The standard InChI is InChI=1S/C28H29N3O3S/c1-3-19-35(33,34)31-27-25(28(32)30-23(4-2)20-13-7-5-8-14-20)22-17-11-12-18-24(22)29-26(27)21-15-9-6-10-16-21/h5-18,23,31H,3-4,19H2,1-2H3,(H,30,32)/t23-/m0/s1. The molecule has 0 spiro atoms. The van der Waals surface area contributed by atoms with E-state index in [1.165, 1.54) is 0 Å². The molecule has 4 rings (SSSR count). The van der Waals surface area contributed by atoms with Crippen LogP contribution in [-0.2, 0) is 10.0 Å². The average molecular weight is 488 g/mol. The number of benzene rings is 3. The maximum absolute atomic E-state index is 13.9. The summed E-state index contributed by atoms with van der Waals surface area (Å²) in [7, 11) is -3.70. The molecule has 0 saturated heterocycles. The zero-order chi connectivity index (χ0) is 24.8. The van der Waals surface area contributed by atoms with E-state index < -0.39 is 10.0 Å². The topological polar surface area (TPSA) is 88.2 Å². The fourth-order valence-electron chi connectivity index (χ4n) is 4.16. The van der Waals surface area contributed by atoms with Crippen LogP contribution in [0.3, 0.4) is 0 Å². The van der Waals surface area contributed by atoms with Gasteiger partial charge in [0.15, 0.2) is 0 Å². The lowest BCUT2D eigenvalue weighted by Gasteiger charge is -2.22. The van der Waals surface area contributed by atoms with Crippen LogP contribution in [0.25, 0.3) is 22.2 Å². The van der Waals surface area contributed by atoms with Crippen LogP contribution in [0.15, 0.2) is 84.9 Å². The van der Waals surface area contributed by atoms with E-state index in [-0.39, 0.29) is 29.0 Å². The Balaban J connectivity index is 1.93. The molecule has 0 radical (unpaired) electrons. The molecule has 1 heterocycles. The maximum Gasteiger partial charge on any atom is 0.254 e. The van der Waals surface area contributed by atoms with Gasteiger partial charge in [-0.2, -0.15) is 0 Å². The van der Waals surface area contributed by atoms with Crippen LogP contribution in [0.1, 0.15) is 48.7 Å². The van der Waals surface area contributed by atoms with Crippen LogP contribution in [0.4, 0.5) is 5.69 Å². The molecule has 0 saturated carbocycles. The van der Waals surface area contributed by atoms with Crippen LogP contribution in [-0.4, -0.2) is 25.1 Å². The number of hydrogen-bond donors (Lipinski definition) is 2. The molecule has 7 heteroatoms. The fourth-order valence-corrected chi connectivity index (χ4v) is 5.31. The number of carbonyl (C=O) groups excluding carboxylic acids is 1. The second kappa shape index (κ2) is 10.7. The second-order valence-electron chi connectivity index (χ2n) is 8.36. The van der Waals surface area contributed by atoms with Crippen molar-refractivity contribution in [2.75, 3.05) is 10.5 Å². The number of amides is 1. The van der Waals surface area contributed by atoms with Crippen LogP contribution >= 0.6 is 0 Å². The van der Waals surface area contributed by atoms with Gasteiger partial charge in [0.05, 0.1) is 34.3 Å². The van der Waals surface area contributed by atoms with E-state index in [1.54, 1.807) is 13.0 Å². The molecular weight excluding hydrogens is 458 g/mol. The van der Waals surface area contributed by atoms with Gasteiger partial charge in [-0.05, 0) is 24.5 Å². The quantitative estimate of drug-likeness (QED) is 0.306. The first-order chi connectivity index (χ1) is 16.9. The average Bonchev–Trinajstić information content (AvgIpc) is 2.87. The van der Waals surface area contributed by atoms with E-state index in [9.17, 15) is 13.2 Å². The van der Waals surface area contributed by atoms with Crippen LogP contribution in [0.2, 0.25) is 0 Å². The Bertz CT molecular complexity index is 1420. The molecule has 2 N–H and O–H groups in total. The van der Waals surface area contributed by atoms with Gasteiger partial charge in [-0.1, -0.05) is 92.7 Å². The Hall–Kier alpha value is -3.71. The summed E-state index contributed by atoms with van der Waals surface area (Å²) in [5.74, 6) is -0.415. The third kappa shape index (κ3) is 5.52. The third-order valence-corrected chi connectivity index (χ3v) is 7.27. The minimum absolute atomic E-state index is 0.0588. The van der Waals surface area contributed by atoms with E-state index in [0.29, 0.717) is 29.4 Å². The number of carbonyl (C=O) groups is 1. The van der Waals surface area contributed by atoms with E-state index >= 15 is 0 Å². The maximum atomic E-state index is 13.9. The number of pyridine rings is 1. The van der Waals surface area contributed by atoms with Crippen molar-refractivity contribution in [2.24, 2.45) is 0 Å². The second-order valence-corrected chi connectivity index (χ2v) is 10.2. The van der Waals surface area contributed by atoms with Gasteiger partial charge in [-0.25, -0.2) is 13.4 Å². The molecule has 1 aromatic heterocycles. The summed E-state index contributed by atoms with van der Waals surface area (Å²) in [6.07, 6.45) is 1.13. The lowest BCUT2D eigenvalue weighted by molar-refractivity contribution is 0.0938. The number of para-hydroxylation sites is 1. The first-order valence-electron chi connectivity index (χ1n) is 11.8. The molecule has 0 bridgehead atoms. The number of fused-ring (bicyclic) bond motifs is 1. The number of anilines is 1. The predicted molar refractivity (Wildman–Crippen MR) is 142 cm³/mol. The van der Waals surface area contributed by atoms with Gasteiger partial charge in [0.1, 0.15) is 0 Å². The fraction of sp³-hybridized carbons (Fsp3) is 0.214. The van der Waals surface area contributed by atoms with Gasteiger partial charge in [0, 0.05) is 10.9 Å². The van der Waals surface area contributed by atoms with Crippen molar-refractivity contribution in [3.63, 3.8) is 0 Å². The summed E-state index contributed by atoms with van der Waals surface area (Å²) in [6, 6.07) is 26.1. The van der Waals surface area contributed by atoms with Gasteiger partial charge < -0.3 is 5.32 Å². The van der Waals surface area contributed by atoms with Crippen molar-refractivity contribution >= 4 is 32.5 Å². The molecule has 3 aromatic carbocycles. The summed E-state index contributed by atoms with van der Waals surface area (Å²) >= 11 is 0. The smallest absolute Gasteiger partial charge is 0.254 e. The van der Waals surface area contributed by atoms with Crippen molar-refractivity contribution in [3.05, 3.63) is 96.1 Å². The van der Waals surface area contributed by atoms with Crippen LogP contribution in [0.5, 0.6) is 0 Å². The number of aromatic nitrogens is 1. The number of sulfonamides is 1. The largest absolute Gasteiger partial charge is 0.345 e. The Morgan fingerprint density at radius 1 is 0.886 bits per heavy atom. The third-order valence-electron chi connectivity index (χ3n) is 5.81. The van der Waals surface area contributed by atoms with Crippen molar-refractivity contribution in [3.8, 4) is 11.3 Å². The van der Waals surface area contributed by atoms with Crippen LogP contribution < -0.4 is 10.0 Å². The molecule has 0 aliphatic carbocycles. The molecule has 35 heavy (non-hydrogen) atoms. The normalized spacial score (nSPS) is 12.3. The Labute approximate surface area is 206 Å². The molecular formula is C28H29N3O3S. The summed E-state index contributed by atoms with van der Waals surface area (Å²) in [5.41, 5.74) is 3.20. The summed E-state index contributed by atoms with van der Waals surface area (Å²) in [6.45, 7) is 3.80. The lowest BCUT2D eigenvalue weighted by atomic mass is 9.99. The lowest BCUT2D eigenvalue weighted by Crippen LogP contribution is -2.30. The van der Waals surface area contributed by atoms with Gasteiger partial charge in [-0.3, -0.25) is 9.52 Å². The molecule has 1 atom stereocenters. The highest BCUT2D eigenvalue weighted by molar-refractivity contribution is 7.92. The minimum atomic E-state index is -3.70. The molecule has 0 unspecified atom stereocenters.